The van der Waals surface area contributed by atoms with Crippen molar-refractivity contribution in [1.82, 2.24) is 4.90 Å². The molecule has 0 aliphatic carbocycles. The van der Waals surface area contributed by atoms with Gasteiger partial charge in [0, 0.05) is 18.5 Å². The van der Waals surface area contributed by atoms with Gasteiger partial charge in [-0.05, 0) is 35.6 Å². The van der Waals surface area contributed by atoms with E-state index in [9.17, 15) is 14.7 Å². The molecule has 1 saturated heterocycles. The lowest BCUT2D eigenvalue weighted by Crippen LogP contribution is -3.14. The SMILES string of the molecule is COc1cccc(C2C(C(=O)c3ccco3)=C([O-])C(=O)N2CCC[NH+]2CCOCC2)c1. The van der Waals surface area contributed by atoms with Crippen LogP contribution in [0.3, 0.4) is 0 Å². The molecule has 0 spiro atoms. The Bertz CT molecular complexity index is 962. The number of quaternary nitrogens is 1. The predicted molar refractivity (Wildman–Crippen MR) is 109 cm³/mol. The molecule has 31 heavy (non-hydrogen) atoms. The molecule has 1 N–H and O–H groups in total. The maximum Gasteiger partial charge on any atom is 0.239 e. The summed E-state index contributed by atoms with van der Waals surface area (Å²) in [5.41, 5.74) is 0.582. The number of methoxy groups -OCH3 is 1. The van der Waals surface area contributed by atoms with Crippen LogP contribution in [-0.4, -0.2) is 63.1 Å². The van der Waals surface area contributed by atoms with Crippen LogP contribution in [0, 0.1) is 0 Å². The van der Waals surface area contributed by atoms with Gasteiger partial charge in [0.25, 0.3) is 0 Å². The fourth-order valence-electron chi connectivity index (χ4n) is 4.21. The molecule has 1 unspecified atom stereocenters. The third-order valence-electron chi connectivity index (χ3n) is 5.81. The van der Waals surface area contributed by atoms with Crippen molar-refractivity contribution in [2.75, 3.05) is 46.5 Å². The van der Waals surface area contributed by atoms with Gasteiger partial charge in [-0.25, -0.2) is 0 Å². The second kappa shape index (κ2) is 9.36. The lowest BCUT2D eigenvalue weighted by molar-refractivity contribution is -0.908. The van der Waals surface area contributed by atoms with Gasteiger partial charge in [-0.15, -0.1) is 0 Å². The molecule has 2 aliphatic heterocycles. The molecule has 4 rings (SSSR count). The van der Waals surface area contributed by atoms with Gasteiger partial charge in [-0.3, -0.25) is 9.59 Å². The van der Waals surface area contributed by atoms with Crippen LogP contribution in [0.4, 0.5) is 0 Å². The van der Waals surface area contributed by atoms with Gasteiger partial charge >= 0.3 is 0 Å². The molecule has 0 saturated carbocycles. The van der Waals surface area contributed by atoms with E-state index in [0.29, 0.717) is 17.9 Å². The molecule has 164 valence electrons. The molecule has 2 aromatic rings. The summed E-state index contributed by atoms with van der Waals surface area (Å²) in [6.45, 7) is 4.58. The van der Waals surface area contributed by atoms with Crippen LogP contribution in [0.5, 0.6) is 5.75 Å². The molecule has 0 bridgehead atoms. The summed E-state index contributed by atoms with van der Waals surface area (Å²) >= 11 is 0. The average Bonchev–Trinajstić information content (AvgIpc) is 3.43. The van der Waals surface area contributed by atoms with Crippen molar-refractivity contribution in [1.29, 1.82) is 0 Å². The minimum absolute atomic E-state index is 0.0451. The summed E-state index contributed by atoms with van der Waals surface area (Å²) in [6, 6.07) is 9.43. The Morgan fingerprint density at radius 1 is 1.26 bits per heavy atom. The molecule has 0 radical (unpaired) electrons. The Kier molecular flexibility index (Phi) is 6.39. The van der Waals surface area contributed by atoms with Gasteiger partial charge in [0.1, 0.15) is 18.8 Å². The number of carbonyl (C=O) groups is 2. The Hall–Kier alpha value is -3.10. The first-order valence-corrected chi connectivity index (χ1v) is 10.5. The lowest BCUT2D eigenvalue weighted by atomic mass is 9.95. The zero-order valence-electron chi connectivity index (χ0n) is 17.5. The molecular formula is C23H26N2O6. The Morgan fingerprint density at radius 2 is 2.06 bits per heavy atom. The number of benzene rings is 1. The fraction of sp³-hybridized carbons (Fsp3) is 0.391. The highest BCUT2D eigenvalue weighted by atomic mass is 16.5. The van der Waals surface area contributed by atoms with Gasteiger partial charge in [0.2, 0.25) is 11.7 Å². The number of nitrogens with one attached hydrogen (secondary N) is 1. The van der Waals surface area contributed by atoms with Crippen molar-refractivity contribution >= 4 is 11.7 Å². The van der Waals surface area contributed by atoms with Crippen LogP contribution in [0.1, 0.15) is 28.6 Å². The van der Waals surface area contributed by atoms with Gasteiger partial charge in [0.15, 0.2) is 5.76 Å². The predicted octanol–water partition coefficient (Wildman–Crippen LogP) is -0.0260. The van der Waals surface area contributed by atoms with Gasteiger partial charge in [-0.2, -0.15) is 0 Å². The van der Waals surface area contributed by atoms with E-state index in [1.807, 2.05) is 0 Å². The summed E-state index contributed by atoms with van der Waals surface area (Å²) in [7, 11) is 1.55. The van der Waals surface area contributed by atoms with E-state index in [1.165, 1.54) is 22.1 Å². The monoisotopic (exact) mass is 426 g/mol. The standard InChI is InChI=1S/C23H26N2O6/c1-29-17-6-2-5-16(15-17)20-19(21(26)18-7-3-12-31-18)22(27)23(28)25(20)9-4-8-24-10-13-30-14-11-24/h2-3,5-7,12,15,20,27H,4,8-11,13-14H2,1H3. The summed E-state index contributed by atoms with van der Waals surface area (Å²) < 4.78 is 15.9. The number of hydrogen-bond acceptors (Lipinski definition) is 6. The highest BCUT2D eigenvalue weighted by Gasteiger charge is 2.40. The van der Waals surface area contributed by atoms with Crippen molar-refractivity contribution in [2.24, 2.45) is 0 Å². The van der Waals surface area contributed by atoms with E-state index >= 15 is 0 Å². The highest BCUT2D eigenvalue weighted by molar-refractivity contribution is 6.14. The summed E-state index contributed by atoms with van der Waals surface area (Å²) in [4.78, 5) is 28.9. The molecule has 3 heterocycles. The number of ketones is 1. The van der Waals surface area contributed by atoms with E-state index < -0.39 is 23.5 Å². The normalized spacial score (nSPS) is 19.8. The third-order valence-corrected chi connectivity index (χ3v) is 5.81. The molecule has 8 nitrogen and oxygen atoms in total. The number of hydrogen-bond donors (Lipinski definition) is 1. The topological polar surface area (TPSA) is 96.5 Å². The average molecular weight is 426 g/mol. The van der Waals surface area contributed by atoms with E-state index in [1.54, 1.807) is 37.4 Å². The third kappa shape index (κ3) is 4.35. The quantitative estimate of drug-likeness (QED) is 0.596. The number of furan rings is 1. The number of nitrogens with zero attached hydrogens (tertiary/aromatic N) is 1. The minimum Gasteiger partial charge on any atom is -0.868 e. The number of morpholine rings is 1. The van der Waals surface area contributed by atoms with Crippen LogP contribution in [-0.2, 0) is 9.53 Å². The minimum atomic E-state index is -0.771. The number of amides is 1. The first-order valence-electron chi connectivity index (χ1n) is 10.5. The van der Waals surface area contributed by atoms with Crippen LogP contribution in [0.15, 0.2) is 58.4 Å². The van der Waals surface area contributed by atoms with Crippen LogP contribution < -0.4 is 14.7 Å². The number of carbonyl (C=O) groups excluding carboxylic acids is 2. The number of Topliss-reactive ketones (excluding diaryl/α,β-unsaturated/α-hetero) is 1. The molecule has 1 fully saturated rings. The van der Waals surface area contributed by atoms with Crippen molar-refractivity contribution in [3.8, 4) is 5.75 Å². The van der Waals surface area contributed by atoms with Crippen molar-refractivity contribution in [2.45, 2.75) is 12.5 Å². The summed E-state index contributed by atoms with van der Waals surface area (Å²) in [5, 5.41) is 12.9. The fourth-order valence-corrected chi connectivity index (χ4v) is 4.21. The van der Waals surface area contributed by atoms with Crippen LogP contribution in [0.2, 0.25) is 0 Å². The second-order valence-corrected chi connectivity index (χ2v) is 7.69. The van der Waals surface area contributed by atoms with E-state index in [-0.39, 0.29) is 11.3 Å². The van der Waals surface area contributed by atoms with E-state index in [4.69, 9.17) is 13.9 Å². The molecule has 1 amide bonds. The molecule has 2 aliphatic rings. The Labute approximate surface area is 180 Å². The number of ether oxygens (including phenoxy) is 2. The molecule has 8 heteroatoms. The molecular weight excluding hydrogens is 400 g/mol. The van der Waals surface area contributed by atoms with Crippen LogP contribution >= 0.6 is 0 Å². The van der Waals surface area contributed by atoms with E-state index in [2.05, 4.69) is 0 Å². The molecule has 1 aromatic heterocycles. The van der Waals surface area contributed by atoms with Gasteiger partial charge in [-0.1, -0.05) is 12.1 Å². The molecule has 1 atom stereocenters. The summed E-state index contributed by atoms with van der Waals surface area (Å²) in [6.07, 6.45) is 2.09. The largest absolute Gasteiger partial charge is 0.868 e. The number of rotatable bonds is 8. The first kappa shape index (κ1) is 21.1. The first-order chi connectivity index (χ1) is 15.1. The molecule has 1 aromatic carbocycles. The Balaban J connectivity index is 1.61. The van der Waals surface area contributed by atoms with Gasteiger partial charge < -0.3 is 28.8 Å². The van der Waals surface area contributed by atoms with E-state index in [0.717, 1.165) is 39.3 Å². The van der Waals surface area contributed by atoms with Crippen molar-refractivity contribution in [3.05, 3.63) is 65.3 Å². The Morgan fingerprint density at radius 3 is 2.77 bits per heavy atom. The lowest BCUT2D eigenvalue weighted by Gasteiger charge is -2.29. The summed E-state index contributed by atoms with van der Waals surface area (Å²) in [5.74, 6) is -1.35. The zero-order chi connectivity index (χ0) is 21.8. The second-order valence-electron chi connectivity index (χ2n) is 7.69. The maximum atomic E-state index is 13.1. The zero-order valence-corrected chi connectivity index (χ0v) is 17.5. The van der Waals surface area contributed by atoms with Crippen molar-refractivity contribution < 1.29 is 33.5 Å². The van der Waals surface area contributed by atoms with Gasteiger partial charge in [0.05, 0.1) is 39.2 Å². The van der Waals surface area contributed by atoms with Crippen LogP contribution in [0.25, 0.3) is 0 Å². The smallest absolute Gasteiger partial charge is 0.239 e. The highest BCUT2D eigenvalue weighted by Crippen LogP contribution is 2.39. The van der Waals surface area contributed by atoms with Crippen molar-refractivity contribution in [3.63, 3.8) is 0 Å². The maximum absolute atomic E-state index is 13.1.